The molecule has 1 aliphatic carbocycles. The number of benzene rings is 2. The molecule has 0 saturated carbocycles. The van der Waals surface area contributed by atoms with Gasteiger partial charge in [0.2, 0.25) is 0 Å². The molecule has 0 spiro atoms. The molecular formula is C22H21FN2O2S. The smallest absolute Gasteiger partial charge is 0.353 e. The Morgan fingerprint density at radius 1 is 1.11 bits per heavy atom. The van der Waals surface area contributed by atoms with E-state index in [-0.39, 0.29) is 11.5 Å². The number of hydrogen-bond donors (Lipinski definition) is 0. The highest BCUT2D eigenvalue weighted by Crippen LogP contribution is 2.32. The zero-order valence-electron chi connectivity index (χ0n) is 15.7. The van der Waals surface area contributed by atoms with E-state index in [1.54, 1.807) is 28.5 Å². The SMILES string of the molecule is CCOc1ccc(-n2c3c(c(SCc4ccc(F)cc4)nc2=O)CCC3)cc1. The van der Waals surface area contributed by atoms with Crippen molar-refractivity contribution >= 4 is 11.8 Å². The molecule has 1 aliphatic rings. The molecule has 1 aromatic heterocycles. The molecule has 1 heterocycles. The maximum absolute atomic E-state index is 13.1. The van der Waals surface area contributed by atoms with Crippen molar-refractivity contribution < 1.29 is 9.13 Å². The lowest BCUT2D eigenvalue weighted by Gasteiger charge is -2.15. The van der Waals surface area contributed by atoms with Crippen molar-refractivity contribution in [2.45, 2.75) is 37.0 Å². The molecule has 0 saturated heterocycles. The molecule has 0 atom stereocenters. The van der Waals surface area contributed by atoms with Gasteiger partial charge in [-0.3, -0.25) is 4.57 Å². The molecule has 0 bridgehead atoms. The van der Waals surface area contributed by atoms with Gasteiger partial charge in [0.25, 0.3) is 0 Å². The zero-order chi connectivity index (χ0) is 19.5. The predicted octanol–water partition coefficient (Wildman–Crippen LogP) is 4.55. The van der Waals surface area contributed by atoms with Gasteiger partial charge in [0.05, 0.1) is 12.3 Å². The van der Waals surface area contributed by atoms with Crippen LogP contribution in [0.3, 0.4) is 0 Å². The normalized spacial score (nSPS) is 12.8. The minimum Gasteiger partial charge on any atom is -0.494 e. The molecule has 3 aromatic rings. The summed E-state index contributed by atoms with van der Waals surface area (Å²) in [6.07, 6.45) is 2.80. The maximum atomic E-state index is 13.1. The summed E-state index contributed by atoms with van der Waals surface area (Å²) in [7, 11) is 0. The summed E-state index contributed by atoms with van der Waals surface area (Å²) in [5, 5.41) is 0.795. The lowest BCUT2D eigenvalue weighted by molar-refractivity contribution is 0.340. The fraction of sp³-hybridized carbons (Fsp3) is 0.273. The lowest BCUT2D eigenvalue weighted by atomic mass is 10.2. The highest BCUT2D eigenvalue weighted by atomic mass is 32.2. The van der Waals surface area contributed by atoms with E-state index in [1.165, 1.54) is 12.1 Å². The average molecular weight is 396 g/mol. The molecular weight excluding hydrogens is 375 g/mol. The number of hydrogen-bond acceptors (Lipinski definition) is 4. The molecule has 2 aromatic carbocycles. The van der Waals surface area contributed by atoms with E-state index in [4.69, 9.17) is 4.74 Å². The first-order valence-electron chi connectivity index (χ1n) is 9.41. The second kappa shape index (κ2) is 8.19. The highest BCUT2D eigenvalue weighted by molar-refractivity contribution is 7.98. The molecule has 0 amide bonds. The Labute approximate surface area is 167 Å². The quantitative estimate of drug-likeness (QED) is 0.453. The Morgan fingerprint density at radius 2 is 1.86 bits per heavy atom. The summed E-state index contributed by atoms with van der Waals surface area (Å²) < 4.78 is 20.3. The van der Waals surface area contributed by atoms with Crippen molar-refractivity contribution in [2.75, 3.05) is 6.61 Å². The van der Waals surface area contributed by atoms with Crippen LogP contribution in [0.5, 0.6) is 5.75 Å². The van der Waals surface area contributed by atoms with Gasteiger partial charge in [0.1, 0.15) is 16.6 Å². The summed E-state index contributed by atoms with van der Waals surface area (Å²) in [5.74, 6) is 1.20. The third-order valence-electron chi connectivity index (χ3n) is 4.80. The molecule has 0 unspecified atom stereocenters. The van der Waals surface area contributed by atoms with E-state index in [2.05, 4.69) is 4.98 Å². The Hall–Kier alpha value is -2.60. The molecule has 0 radical (unpaired) electrons. The molecule has 0 fully saturated rings. The number of fused-ring (bicyclic) bond motifs is 1. The van der Waals surface area contributed by atoms with E-state index in [9.17, 15) is 9.18 Å². The van der Waals surface area contributed by atoms with Crippen LogP contribution in [-0.4, -0.2) is 16.2 Å². The summed E-state index contributed by atoms with van der Waals surface area (Å²) in [6.45, 7) is 2.55. The Bertz CT molecular complexity index is 1030. The van der Waals surface area contributed by atoms with Crippen molar-refractivity contribution in [1.82, 2.24) is 9.55 Å². The van der Waals surface area contributed by atoms with Gasteiger partial charge in [0, 0.05) is 17.0 Å². The minimum absolute atomic E-state index is 0.245. The number of thioether (sulfide) groups is 1. The number of halogens is 1. The van der Waals surface area contributed by atoms with Crippen LogP contribution in [0, 0.1) is 5.82 Å². The number of rotatable bonds is 6. The lowest BCUT2D eigenvalue weighted by Crippen LogP contribution is -2.25. The molecule has 28 heavy (non-hydrogen) atoms. The van der Waals surface area contributed by atoms with E-state index in [0.717, 1.165) is 52.5 Å². The second-order valence-electron chi connectivity index (χ2n) is 6.66. The number of ether oxygens (including phenoxy) is 1. The summed E-state index contributed by atoms with van der Waals surface area (Å²) >= 11 is 1.54. The minimum atomic E-state index is -0.258. The van der Waals surface area contributed by atoms with Gasteiger partial charge in [0.15, 0.2) is 0 Å². The molecule has 6 heteroatoms. The third-order valence-corrected chi connectivity index (χ3v) is 5.89. The second-order valence-corrected chi connectivity index (χ2v) is 7.62. The molecule has 4 rings (SSSR count). The Kier molecular flexibility index (Phi) is 5.48. The van der Waals surface area contributed by atoms with Gasteiger partial charge >= 0.3 is 5.69 Å². The first kappa shape index (κ1) is 18.7. The van der Waals surface area contributed by atoms with Crippen LogP contribution in [0.2, 0.25) is 0 Å². The van der Waals surface area contributed by atoms with Gasteiger partial charge in [-0.05, 0) is 68.1 Å². The van der Waals surface area contributed by atoms with Gasteiger partial charge in [-0.15, -0.1) is 11.8 Å². The average Bonchev–Trinajstić information content (AvgIpc) is 3.18. The molecule has 0 N–H and O–H groups in total. The van der Waals surface area contributed by atoms with Crippen LogP contribution in [-0.2, 0) is 18.6 Å². The van der Waals surface area contributed by atoms with Crippen LogP contribution in [0.1, 0.15) is 30.2 Å². The predicted molar refractivity (Wildman–Crippen MR) is 109 cm³/mol. The third kappa shape index (κ3) is 3.83. The van der Waals surface area contributed by atoms with Gasteiger partial charge in [-0.2, -0.15) is 4.98 Å². The molecule has 0 aliphatic heterocycles. The van der Waals surface area contributed by atoms with Crippen LogP contribution in [0.4, 0.5) is 4.39 Å². The van der Waals surface area contributed by atoms with E-state index < -0.39 is 0 Å². The van der Waals surface area contributed by atoms with Gasteiger partial charge < -0.3 is 4.74 Å². The number of aromatic nitrogens is 2. The monoisotopic (exact) mass is 396 g/mol. The maximum Gasteiger partial charge on any atom is 0.353 e. The van der Waals surface area contributed by atoms with Gasteiger partial charge in [-0.1, -0.05) is 12.1 Å². The van der Waals surface area contributed by atoms with E-state index >= 15 is 0 Å². The zero-order valence-corrected chi connectivity index (χ0v) is 16.5. The summed E-state index contributed by atoms with van der Waals surface area (Å²) in [4.78, 5) is 17.2. The molecule has 144 valence electrons. The van der Waals surface area contributed by atoms with Crippen LogP contribution in [0.25, 0.3) is 5.69 Å². The highest BCUT2D eigenvalue weighted by Gasteiger charge is 2.22. The van der Waals surface area contributed by atoms with Crippen LogP contribution in [0.15, 0.2) is 58.4 Å². The van der Waals surface area contributed by atoms with Gasteiger partial charge in [-0.25, -0.2) is 9.18 Å². The first-order chi connectivity index (χ1) is 13.7. The van der Waals surface area contributed by atoms with E-state index in [0.29, 0.717) is 12.4 Å². The fourth-order valence-electron chi connectivity index (χ4n) is 3.50. The van der Waals surface area contributed by atoms with Crippen LogP contribution < -0.4 is 10.4 Å². The van der Waals surface area contributed by atoms with Crippen molar-refractivity contribution in [3.8, 4) is 11.4 Å². The first-order valence-corrected chi connectivity index (χ1v) is 10.4. The van der Waals surface area contributed by atoms with Crippen molar-refractivity contribution in [3.05, 3.63) is 81.7 Å². The van der Waals surface area contributed by atoms with E-state index in [1.807, 2.05) is 31.2 Å². The van der Waals surface area contributed by atoms with Crippen LogP contribution >= 0.6 is 11.8 Å². The van der Waals surface area contributed by atoms with Crippen molar-refractivity contribution in [2.24, 2.45) is 0 Å². The summed E-state index contributed by atoms with van der Waals surface area (Å²) in [6, 6.07) is 14.0. The standard InChI is InChI=1S/C22H21FN2O2S/c1-2-27-18-12-10-17(11-13-18)25-20-5-3-4-19(20)21(24-22(25)26)28-14-15-6-8-16(23)9-7-15/h6-13H,2-5,14H2,1H3. The van der Waals surface area contributed by atoms with Crippen molar-refractivity contribution in [3.63, 3.8) is 0 Å². The van der Waals surface area contributed by atoms with Crippen molar-refractivity contribution in [1.29, 1.82) is 0 Å². The Morgan fingerprint density at radius 3 is 2.57 bits per heavy atom. The summed E-state index contributed by atoms with van der Waals surface area (Å²) in [5.41, 5.74) is 3.77. The topological polar surface area (TPSA) is 44.1 Å². The largest absolute Gasteiger partial charge is 0.494 e. The molecule has 4 nitrogen and oxygen atoms in total. The Balaban J connectivity index is 1.64. The fourth-order valence-corrected chi connectivity index (χ4v) is 4.53. The number of nitrogens with zero attached hydrogens (tertiary/aromatic N) is 2.